The minimum absolute atomic E-state index is 0.0799. The molecular weight excluding hydrogens is 346 g/mol. The molecule has 1 saturated heterocycles. The summed E-state index contributed by atoms with van der Waals surface area (Å²) in [6, 6.07) is -0.664. The van der Waals surface area contributed by atoms with E-state index in [1.54, 1.807) is 25.7 Å². The summed E-state index contributed by atoms with van der Waals surface area (Å²) in [5.74, 6) is -0.298. The molecule has 0 saturated carbocycles. The molecule has 0 spiro atoms. The van der Waals surface area contributed by atoms with Crippen molar-refractivity contribution in [2.75, 3.05) is 13.1 Å². The molecule has 0 radical (unpaired) electrons. The largest absolute Gasteiger partial charge is 0.444 e. The van der Waals surface area contributed by atoms with Gasteiger partial charge in [-0.05, 0) is 52.9 Å². The van der Waals surface area contributed by atoms with Crippen molar-refractivity contribution in [1.82, 2.24) is 15.5 Å². The summed E-state index contributed by atoms with van der Waals surface area (Å²) < 4.78 is 5.27. The number of unbranched alkanes of at least 4 members (excludes halogenated alkanes) is 1. The van der Waals surface area contributed by atoms with Crippen LogP contribution in [0.15, 0.2) is 12.2 Å². The molecule has 7 nitrogen and oxygen atoms in total. The van der Waals surface area contributed by atoms with Crippen LogP contribution in [0.4, 0.5) is 4.79 Å². The number of fused-ring (bicyclic) bond motifs is 1. The Kier molecular flexibility index (Phi) is 6.89. The van der Waals surface area contributed by atoms with Crippen molar-refractivity contribution in [3.63, 3.8) is 0 Å². The number of rotatable bonds is 5. The van der Waals surface area contributed by atoms with Gasteiger partial charge < -0.3 is 20.3 Å². The van der Waals surface area contributed by atoms with Crippen molar-refractivity contribution < 1.29 is 19.1 Å². The van der Waals surface area contributed by atoms with Gasteiger partial charge in [0.1, 0.15) is 17.2 Å². The molecule has 27 heavy (non-hydrogen) atoms. The third-order valence-corrected chi connectivity index (χ3v) is 5.04. The zero-order chi connectivity index (χ0) is 20.1. The zero-order valence-electron chi connectivity index (χ0n) is 17.0. The van der Waals surface area contributed by atoms with Crippen LogP contribution < -0.4 is 10.6 Å². The maximum Gasteiger partial charge on any atom is 0.408 e. The normalized spacial score (nSPS) is 25.4. The predicted octanol–water partition coefficient (Wildman–Crippen LogP) is 2.51. The van der Waals surface area contributed by atoms with E-state index < -0.39 is 23.3 Å². The number of nitrogens with zero attached hydrogens (tertiary/aromatic N) is 1. The van der Waals surface area contributed by atoms with Gasteiger partial charge in [0.25, 0.3) is 0 Å². The van der Waals surface area contributed by atoms with Crippen LogP contribution >= 0.6 is 0 Å². The van der Waals surface area contributed by atoms with Gasteiger partial charge in [0.15, 0.2) is 0 Å². The number of piperidine rings is 1. The average molecular weight is 380 g/mol. The Morgan fingerprint density at radius 2 is 2.04 bits per heavy atom. The van der Waals surface area contributed by atoms with Gasteiger partial charge in [0.2, 0.25) is 11.8 Å². The molecule has 2 heterocycles. The van der Waals surface area contributed by atoms with Gasteiger partial charge in [-0.3, -0.25) is 9.59 Å². The lowest BCUT2D eigenvalue weighted by Gasteiger charge is -2.47. The molecule has 0 aromatic heterocycles. The van der Waals surface area contributed by atoms with Crippen molar-refractivity contribution in [2.24, 2.45) is 0 Å². The smallest absolute Gasteiger partial charge is 0.408 e. The Hall–Kier alpha value is -2.05. The molecular formula is C20H33N3O4. The maximum absolute atomic E-state index is 13.1. The number of nitrogens with one attached hydrogen (secondary N) is 2. The summed E-state index contributed by atoms with van der Waals surface area (Å²) in [5, 5.41) is 5.68. The van der Waals surface area contributed by atoms with E-state index in [1.807, 2.05) is 12.2 Å². The second kappa shape index (κ2) is 8.76. The Labute approximate surface area is 161 Å². The highest BCUT2D eigenvalue weighted by Gasteiger charge is 2.51. The molecule has 0 bridgehead atoms. The van der Waals surface area contributed by atoms with Crippen LogP contribution in [0.2, 0.25) is 0 Å². The van der Waals surface area contributed by atoms with E-state index >= 15 is 0 Å². The molecule has 1 unspecified atom stereocenters. The third kappa shape index (κ3) is 5.23. The minimum Gasteiger partial charge on any atom is -0.444 e. The van der Waals surface area contributed by atoms with Gasteiger partial charge in [-0.1, -0.05) is 25.5 Å². The van der Waals surface area contributed by atoms with Crippen LogP contribution in [0, 0.1) is 0 Å². The lowest BCUT2D eigenvalue weighted by atomic mass is 9.80. The van der Waals surface area contributed by atoms with Crippen LogP contribution in [0.1, 0.15) is 66.2 Å². The number of amides is 3. The van der Waals surface area contributed by atoms with Gasteiger partial charge in [0.05, 0.1) is 0 Å². The number of ether oxygens (including phenoxy) is 1. The highest BCUT2D eigenvalue weighted by atomic mass is 16.6. The lowest BCUT2D eigenvalue weighted by molar-refractivity contribution is -0.154. The molecule has 0 aromatic rings. The summed E-state index contributed by atoms with van der Waals surface area (Å²) in [6.07, 6.45) is 7.57. The van der Waals surface area contributed by atoms with E-state index in [2.05, 4.69) is 17.6 Å². The maximum atomic E-state index is 13.1. The summed E-state index contributed by atoms with van der Waals surface area (Å²) in [5.41, 5.74) is -1.46. The van der Waals surface area contributed by atoms with Gasteiger partial charge in [-0.15, -0.1) is 0 Å². The average Bonchev–Trinajstić information content (AvgIpc) is 2.80. The summed E-state index contributed by atoms with van der Waals surface area (Å²) in [6.45, 7) is 8.41. The standard InChI is InChI=1S/C20H33N3O4/c1-5-6-13-21-17(25)20-11-8-7-9-14-23(20)16(24)15(10-12-20)22-18(26)27-19(2,3)4/h7,9,15H,5-6,8,10-14H2,1-4H3,(H,21,25)(H,22,26)/t15-,20?/m0/s1. The first-order valence-electron chi connectivity index (χ1n) is 9.94. The molecule has 152 valence electrons. The molecule has 2 aliphatic rings. The monoisotopic (exact) mass is 379 g/mol. The first-order valence-corrected chi connectivity index (χ1v) is 9.94. The van der Waals surface area contributed by atoms with Crippen molar-refractivity contribution in [3.8, 4) is 0 Å². The molecule has 0 aromatic carbocycles. The van der Waals surface area contributed by atoms with Gasteiger partial charge in [-0.25, -0.2) is 4.79 Å². The lowest BCUT2D eigenvalue weighted by Crippen LogP contribution is -2.67. The molecule has 2 atom stereocenters. The SMILES string of the molecule is CCCCNC(=O)C12CCC=CCN1C(=O)[C@@H](NC(=O)OC(C)(C)C)CC2. The Morgan fingerprint density at radius 1 is 1.30 bits per heavy atom. The molecule has 0 aliphatic carbocycles. The zero-order valence-corrected chi connectivity index (χ0v) is 17.0. The van der Waals surface area contributed by atoms with Crippen molar-refractivity contribution in [3.05, 3.63) is 12.2 Å². The molecule has 1 fully saturated rings. The summed E-state index contributed by atoms with van der Waals surface area (Å²) >= 11 is 0. The number of alkyl carbamates (subject to hydrolysis) is 1. The van der Waals surface area contributed by atoms with Crippen LogP contribution in [0.5, 0.6) is 0 Å². The first-order chi connectivity index (χ1) is 12.7. The number of hydrogen-bond donors (Lipinski definition) is 2. The van der Waals surface area contributed by atoms with E-state index in [0.29, 0.717) is 32.4 Å². The number of carbonyl (C=O) groups is 3. The Bertz CT molecular complexity index is 597. The third-order valence-electron chi connectivity index (χ3n) is 5.04. The molecule has 2 rings (SSSR count). The van der Waals surface area contributed by atoms with E-state index in [0.717, 1.165) is 19.3 Å². The van der Waals surface area contributed by atoms with Crippen molar-refractivity contribution in [2.45, 2.75) is 83.4 Å². The van der Waals surface area contributed by atoms with Crippen LogP contribution in [0.25, 0.3) is 0 Å². The van der Waals surface area contributed by atoms with Crippen LogP contribution in [-0.2, 0) is 14.3 Å². The summed E-state index contributed by atoms with van der Waals surface area (Å²) in [4.78, 5) is 39.8. The van der Waals surface area contributed by atoms with Crippen molar-refractivity contribution >= 4 is 17.9 Å². The highest BCUT2D eigenvalue weighted by molar-refractivity contribution is 5.95. The van der Waals surface area contributed by atoms with E-state index in [1.165, 1.54) is 0 Å². The van der Waals surface area contributed by atoms with Crippen LogP contribution in [-0.4, -0.2) is 53.1 Å². The fourth-order valence-corrected chi connectivity index (χ4v) is 3.66. The fraction of sp³-hybridized carbons (Fsp3) is 0.750. The Balaban J connectivity index is 2.13. The minimum atomic E-state index is -0.833. The Morgan fingerprint density at radius 3 is 2.70 bits per heavy atom. The molecule has 3 amide bonds. The second-order valence-electron chi connectivity index (χ2n) is 8.34. The quantitative estimate of drug-likeness (QED) is 0.567. The topological polar surface area (TPSA) is 87.7 Å². The first kappa shape index (κ1) is 21.3. The van der Waals surface area contributed by atoms with Gasteiger partial charge in [-0.2, -0.15) is 0 Å². The van der Waals surface area contributed by atoms with Crippen molar-refractivity contribution in [1.29, 1.82) is 0 Å². The molecule has 2 N–H and O–H groups in total. The van der Waals surface area contributed by atoms with E-state index in [-0.39, 0.29) is 11.8 Å². The fourth-order valence-electron chi connectivity index (χ4n) is 3.66. The molecule has 7 heteroatoms. The van der Waals surface area contributed by atoms with E-state index in [9.17, 15) is 14.4 Å². The predicted molar refractivity (Wildman–Crippen MR) is 103 cm³/mol. The molecule has 2 aliphatic heterocycles. The number of carbonyl (C=O) groups excluding carboxylic acids is 3. The number of hydrogen-bond acceptors (Lipinski definition) is 4. The second-order valence-corrected chi connectivity index (χ2v) is 8.34. The van der Waals surface area contributed by atoms with E-state index in [4.69, 9.17) is 4.74 Å². The van der Waals surface area contributed by atoms with Gasteiger partial charge in [0, 0.05) is 13.1 Å². The van der Waals surface area contributed by atoms with Gasteiger partial charge >= 0.3 is 6.09 Å². The highest BCUT2D eigenvalue weighted by Crippen LogP contribution is 2.35. The summed E-state index contributed by atoms with van der Waals surface area (Å²) in [7, 11) is 0. The van der Waals surface area contributed by atoms with Crippen LogP contribution in [0.3, 0.4) is 0 Å². The number of allylic oxidation sites excluding steroid dienone is 1.